The number of piperazine rings is 1. The second kappa shape index (κ2) is 9.05. The Bertz CT molecular complexity index is 1190. The molecule has 1 aromatic heterocycles. The van der Waals surface area contributed by atoms with Gasteiger partial charge in [0, 0.05) is 63.6 Å². The van der Waals surface area contributed by atoms with Gasteiger partial charge in [0.15, 0.2) is 11.0 Å². The fourth-order valence-electron chi connectivity index (χ4n) is 4.70. The lowest BCUT2D eigenvalue weighted by molar-refractivity contribution is 0.0488. The van der Waals surface area contributed by atoms with E-state index in [9.17, 15) is 20.1 Å². The van der Waals surface area contributed by atoms with Gasteiger partial charge in [0.2, 0.25) is 0 Å². The SMILES string of the molecule is O=c1cc(-c2ccc(O)cc2)oc2c(CN3CCN(CC4CCCO4)CC3)c(O)cc(O)c12. The molecule has 1 unspecified atom stereocenters. The molecule has 5 rings (SSSR count). The van der Waals surface area contributed by atoms with Crippen LogP contribution < -0.4 is 5.43 Å². The maximum atomic E-state index is 12.8. The molecule has 0 radical (unpaired) electrons. The van der Waals surface area contributed by atoms with Crippen LogP contribution in [0.25, 0.3) is 22.3 Å². The Kier molecular flexibility index (Phi) is 5.97. The van der Waals surface area contributed by atoms with Gasteiger partial charge in [0.1, 0.15) is 28.4 Å². The standard InChI is InChI=1S/C25H28N2O6/c28-17-5-3-16(4-6-17)23-13-22(31)24-21(30)12-20(29)19(25(24)33-23)15-27-9-7-26(8-10-27)14-18-2-1-11-32-18/h3-6,12-13,18,28-30H,1-2,7-11,14-15H2. The summed E-state index contributed by atoms with van der Waals surface area (Å²) in [7, 11) is 0. The van der Waals surface area contributed by atoms with Gasteiger partial charge in [-0.25, -0.2) is 0 Å². The predicted octanol–water partition coefficient (Wildman–Crippen LogP) is 2.87. The van der Waals surface area contributed by atoms with Crippen LogP contribution in [0.4, 0.5) is 0 Å². The van der Waals surface area contributed by atoms with E-state index >= 15 is 0 Å². The number of benzene rings is 2. The average Bonchev–Trinajstić information content (AvgIpc) is 3.31. The van der Waals surface area contributed by atoms with Crippen molar-refractivity contribution in [3.8, 4) is 28.6 Å². The number of hydrogen-bond donors (Lipinski definition) is 3. The summed E-state index contributed by atoms with van der Waals surface area (Å²) in [6, 6.07) is 8.85. The van der Waals surface area contributed by atoms with Gasteiger partial charge in [-0.1, -0.05) is 0 Å². The highest BCUT2D eigenvalue weighted by atomic mass is 16.5. The van der Waals surface area contributed by atoms with E-state index in [4.69, 9.17) is 9.15 Å². The summed E-state index contributed by atoms with van der Waals surface area (Å²) in [5, 5.41) is 30.6. The van der Waals surface area contributed by atoms with Gasteiger partial charge in [-0.15, -0.1) is 0 Å². The Balaban J connectivity index is 1.41. The van der Waals surface area contributed by atoms with Crippen molar-refractivity contribution in [3.63, 3.8) is 0 Å². The van der Waals surface area contributed by atoms with Crippen LogP contribution in [0.1, 0.15) is 18.4 Å². The van der Waals surface area contributed by atoms with E-state index in [-0.39, 0.29) is 33.6 Å². The largest absolute Gasteiger partial charge is 0.508 e. The number of fused-ring (bicyclic) bond motifs is 1. The van der Waals surface area contributed by atoms with Gasteiger partial charge in [0.05, 0.1) is 11.7 Å². The average molecular weight is 453 g/mol. The molecule has 174 valence electrons. The van der Waals surface area contributed by atoms with E-state index in [2.05, 4.69) is 9.80 Å². The molecule has 2 aliphatic heterocycles. The molecule has 3 N–H and O–H groups in total. The van der Waals surface area contributed by atoms with Gasteiger partial charge in [-0.05, 0) is 37.1 Å². The van der Waals surface area contributed by atoms with Crippen molar-refractivity contribution in [1.82, 2.24) is 9.80 Å². The highest BCUT2D eigenvalue weighted by Crippen LogP contribution is 2.36. The lowest BCUT2D eigenvalue weighted by atomic mass is 10.1. The van der Waals surface area contributed by atoms with Crippen LogP contribution in [-0.2, 0) is 11.3 Å². The van der Waals surface area contributed by atoms with Crippen LogP contribution in [0.3, 0.4) is 0 Å². The topological polar surface area (TPSA) is 107 Å². The summed E-state index contributed by atoms with van der Waals surface area (Å²) >= 11 is 0. The molecule has 3 aromatic rings. The first-order valence-electron chi connectivity index (χ1n) is 11.4. The number of phenols is 3. The predicted molar refractivity (Wildman–Crippen MR) is 124 cm³/mol. The lowest BCUT2D eigenvalue weighted by Gasteiger charge is -2.35. The summed E-state index contributed by atoms with van der Waals surface area (Å²) in [5.74, 6) is 0.00284. The van der Waals surface area contributed by atoms with Crippen molar-refractivity contribution in [3.05, 3.63) is 52.2 Å². The smallest absolute Gasteiger partial charge is 0.197 e. The molecule has 2 aliphatic rings. The fourth-order valence-corrected chi connectivity index (χ4v) is 4.70. The maximum absolute atomic E-state index is 12.8. The van der Waals surface area contributed by atoms with Crippen LogP contribution in [0.5, 0.6) is 17.2 Å². The van der Waals surface area contributed by atoms with Crippen molar-refractivity contribution in [2.45, 2.75) is 25.5 Å². The molecular weight excluding hydrogens is 424 g/mol. The molecular formula is C25H28N2O6. The fraction of sp³-hybridized carbons (Fsp3) is 0.400. The molecule has 8 heteroatoms. The van der Waals surface area contributed by atoms with E-state index in [1.807, 2.05) is 0 Å². The minimum atomic E-state index is -0.389. The molecule has 0 aliphatic carbocycles. The third-order valence-corrected chi connectivity index (χ3v) is 6.54. The van der Waals surface area contributed by atoms with E-state index in [0.29, 0.717) is 29.5 Å². The number of rotatable bonds is 5. The second-order valence-corrected chi connectivity index (χ2v) is 8.83. The monoisotopic (exact) mass is 452 g/mol. The lowest BCUT2D eigenvalue weighted by Crippen LogP contribution is -2.48. The zero-order valence-electron chi connectivity index (χ0n) is 18.4. The number of hydrogen-bond acceptors (Lipinski definition) is 8. The summed E-state index contributed by atoms with van der Waals surface area (Å²) in [5.41, 5.74) is 0.890. The molecule has 0 bridgehead atoms. The molecule has 2 aromatic carbocycles. The van der Waals surface area contributed by atoms with Gasteiger partial charge in [-0.3, -0.25) is 14.6 Å². The number of ether oxygens (including phenoxy) is 1. The minimum Gasteiger partial charge on any atom is -0.508 e. The van der Waals surface area contributed by atoms with Gasteiger partial charge < -0.3 is 24.5 Å². The Labute approximate surface area is 191 Å². The molecule has 33 heavy (non-hydrogen) atoms. The molecule has 1 atom stereocenters. The normalized spacial score (nSPS) is 19.9. The van der Waals surface area contributed by atoms with Crippen LogP contribution in [0.15, 0.2) is 45.6 Å². The molecule has 0 amide bonds. The highest BCUT2D eigenvalue weighted by Gasteiger charge is 2.25. The van der Waals surface area contributed by atoms with Gasteiger partial charge >= 0.3 is 0 Å². The van der Waals surface area contributed by atoms with Crippen molar-refractivity contribution in [2.75, 3.05) is 39.3 Å². The second-order valence-electron chi connectivity index (χ2n) is 8.83. The first kappa shape index (κ1) is 21.8. The van der Waals surface area contributed by atoms with Crippen molar-refractivity contribution in [1.29, 1.82) is 0 Å². The van der Waals surface area contributed by atoms with Crippen LogP contribution in [0.2, 0.25) is 0 Å². The Morgan fingerprint density at radius 2 is 1.67 bits per heavy atom. The minimum absolute atomic E-state index is 0.0577. The Morgan fingerprint density at radius 1 is 0.939 bits per heavy atom. The van der Waals surface area contributed by atoms with E-state index in [1.54, 1.807) is 12.1 Å². The van der Waals surface area contributed by atoms with Crippen LogP contribution >= 0.6 is 0 Å². The molecule has 3 heterocycles. The summed E-state index contributed by atoms with van der Waals surface area (Å²) in [6.45, 7) is 5.64. The maximum Gasteiger partial charge on any atom is 0.197 e. The third-order valence-electron chi connectivity index (χ3n) is 6.54. The molecule has 8 nitrogen and oxygen atoms in total. The summed E-state index contributed by atoms with van der Waals surface area (Å²) in [6.07, 6.45) is 2.58. The van der Waals surface area contributed by atoms with Crippen molar-refractivity contribution in [2.24, 2.45) is 0 Å². The Hall–Kier alpha value is -3.07. The third kappa shape index (κ3) is 4.55. The first-order valence-corrected chi connectivity index (χ1v) is 11.4. The molecule has 2 saturated heterocycles. The van der Waals surface area contributed by atoms with Crippen LogP contribution in [-0.4, -0.2) is 70.6 Å². The van der Waals surface area contributed by atoms with Gasteiger partial charge in [0.25, 0.3) is 0 Å². The van der Waals surface area contributed by atoms with Gasteiger partial charge in [-0.2, -0.15) is 0 Å². The number of aromatic hydroxyl groups is 3. The number of phenolic OH excluding ortho intramolecular Hbond substituents is 3. The quantitative estimate of drug-likeness (QED) is 0.543. The highest BCUT2D eigenvalue weighted by molar-refractivity contribution is 5.89. The molecule has 0 spiro atoms. The number of nitrogens with zero attached hydrogens (tertiary/aromatic N) is 2. The van der Waals surface area contributed by atoms with Crippen molar-refractivity contribution >= 4 is 11.0 Å². The Morgan fingerprint density at radius 3 is 2.36 bits per heavy atom. The zero-order valence-corrected chi connectivity index (χ0v) is 18.4. The van der Waals surface area contributed by atoms with E-state index in [0.717, 1.165) is 52.2 Å². The van der Waals surface area contributed by atoms with E-state index in [1.165, 1.54) is 24.3 Å². The summed E-state index contributed by atoms with van der Waals surface area (Å²) < 4.78 is 11.8. The summed E-state index contributed by atoms with van der Waals surface area (Å²) in [4.78, 5) is 17.5. The zero-order chi connectivity index (χ0) is 22.9. The van der Waals surface area contributed by atoms with E-state index < -0.39 is 0 Å². The van der Waals surface area contributed by atoms with Crippen LogP contribution in [0, 0.1) is 0 Å². The molecule has 0 saturated carbocycles. The first-order chi connectivity index (χ1) is 16.0. The van der Waals surface area contributed by atoms with Crippen molar-refractivity contribution < 1.29 is 24.5 Å². The molecule has 2 fully saturated rings.